The molecule has 0 unspecified atom stereocenters. The second kappa shape index (κ2) is 3.31. The van der Waals surface area contributed by atoms with Crippen molar-refractivity contribution in [2.75, 3.05) is 0 Å². The van der Waals surface area contributed by atoms with E-state index in [-0.39, 0.29) is 0 Å². The van der Waals surface area contributed by atoms with Crippen molar-refractivity contribution < 1.29 is 0 Å². The molecule has 0 heterocycles. The molecule has 1 fully saturated rings. The van der Waals surface area contributed by atoms with Crippen LogP contribution in [0.25, 0.3) is 0 Å². The number of nitriles is 1. The average Bonchev–Trinajstić information content (AvgIpc) is 2.01. The summed E-state index contributed by atoms with van der Waals surface area (Å²) < 4.78 is 0. The zero-order valence-corrected chi connectivity index (χ0v) is 8.28. The van der Waals surface area contributed by atoms with E-state index in [1.54, 1.807) is 0 Å². The van der Waals surface area contributed by atoms with Gasteiger partial charge in [-0.15, -0.1) is 0 Å². The molecule has 66 valence electrons. The molecule has 1 rings (SSSR count). The van der Waals surface area contributed by atoms with Gasteiger partial charge < -0.3 is 0 Å². The van der Waals surface area contributed by atoms with Crippen LogP contribution in [0.3, 0.4) is 0 Å². The molecule has 1 heteroatoms. The Morgan fingerprint density at radius 2 is 2.17 bits per heavy atom. The van der Waals surface area contributed by atoms with Crippen LogP contribution in [-0.4, -0.2) is 0 Å². The minimum atomic E-state index is 0.422. The Bertz CT molecular complexity index is 240. The van der Waals surface area contributed by atoms with Crippen LogP contribution in [0.5, 0.6) is 0 Å². The van der Waals surface area contributed by atoms with Crippen LogP contribution in [0.15, 0.2) is 11.1 Å². The van der Waals surface area contributed by atoms with E-state index in [0.29, 0.717) is 5.41 Å². The van der Waals surface area contributed by atoms with E-state index in [1.807, 2.05) is 6.92 Å². The number of hydrogen-bond donors (Lipinski definition) is 0. The molecule has 0 saturated heterocycles. The van der Waals surface area contributed by atoms with Crippen molar-refractivity contribution in [3.05, 3.63) is 11.1 Å². The summed E-state index contributed by atoms with van der Waals surface area (Å²) >= 11 is 0. The summed E-state index contributed by atoms with van der Waals surface area (Å²) in [6.45, 7) is 6.52. The summed E-state index contributed by atoms with van der Waals surface area (Å²) in [5, 5.41) is 8.75. The number of rotatable bonds is 0. The van der Waals surface area contributed by atoms with Gasteiger partial charge in [0.15, 0.2) is 0 Å². The fourth-order valence-corrected chi connectivity index (χ4v) is 1.93. The van der Waals surface area contributed by atoms with E-state index in [4.69, 9.17) is 5.26 Å². The molecule has 1 aliphatic rings. The molecule has 0 bridgehead atoms. The lowest BCUT2D eigenvalue weighted by Crippen LogP contribution is -2.17. The van der Waals surface area contributed by atoms with Gasteiger partial charge in [-0.05, 0) is 38.0 Å². The molecular weight excluding hydrogens is 146 g/mol. The highest BCUT2D eigenvalue weighted by Gasteiger charge is 2.24. The fraction of sp³-hybridized carbons (Fsp3) is 0.727. The van der Waals surface area contributed by atoms with E-state index >= 15 is 0 Å². The number of hydrogen-bond acceptors (Lipinski definition) is 1. The Hall–Kier alpha value is -0.770. The predicted molar refractivity (Wildman–Crippen MR) is 50.6 cm³/mol. The van der Waals surface area contributed by atoms with Crippen LogP contribution >= 0.6 is 0 Å². The molecule has 0 radical (unpaired) electrons. The second-order valence-electron chi connectivity index (χ2n) is 4.53. The molecule has 0 aromatic rings. The molecule has 0 atom stereocenters. The Kier molecular flexibility index (Phi) is 2.57. The third-order valence-corrected chi connectivity index (χ3v) is 2.72. The van der Waals surface area contributed by atoms with Crippen LogP contribution in [-0.2, 0) is 0 Å². The van der Waals surface area contributed by atoms with Gasteiger partial charge in [-0.2, -0.15) is 5.26 Å². The molecule has 1 nitrogen and oxygen atoms in total. The molecule has 0 aliphatic heterocycles. The van der Waals surface area contributed by atoms with Crippen molar-refractivity contribution in [3.63, 3.8) is 0 Å². The summed E-state index contributed by atoms with van der Waals surface area (Å²) in [6.07, 6.45) is 4.81. The molecule has 0 aromatic heterocycles. The maximum Gasteiger partial charge on any atom is 0.0943 e. The van der Waals surface area contributed by atoms with Gasteiger partial charge in [0.2, 0.25) is 0 Å². The van der Waals surface area contributed by atoms with Crippen LogP contribution in [0, 0.1) is 16.7 Å². The van der Waals surface area contributed by atoms with Gasteiger partial charge in [-0.3, -0.25) is 0 Å². The van der Waals surface area contributed by atoms with Crippen molar-refractivity contribution in [2.45, 2.75) is 46.5 Å². The number of nitrogens with zero attached hydrogens (tertiary/aromatic N) is 1. The lowest BCUT2D eigenvalue weighted by atomic mass is 9.74. The minimum Gasteiger partial charge on any atom is -0.193 e. The molecule has 0 amide bonds. The van der Waals surface area contributed by atoms with E-state index < -0.39 is 0 Å². The Balaban J connectivity index is 2.78. The highest BCUT2D eigenvalue weighted by atomic mass is 14.3. The Labute approximate surface area is 75.1 Å². The van der Waals surface area contributed by atoms with Gasteiger partial charge in [0.1, 0.15) is 0 Å². The standard InChI is InChI=1S/C11H17N/c1-9(8-12)10-5-4-6-11(2,3)7-10/h4-7H2,1-3H3. The van der Waals surface area contributed by atoms with Gasteiger partial charge in [0, 0.05) is 5.57 Å². The van der Waals surface area contributed by atoms with Gasteiger partial charge in [-0.1, -0.05) is 19.4 Å². The van der Waals surface area contributed by atoms with Crippen LogP contribution < -0.4 is 0 Å². The monoisotopic (exact) mass is 163 g/mol. The Morgan fingerprint density at radius 1 is 1.50 bits per heavy atom. The third-order valence-electron chi connectivity index (χ3n) is 2.72. The second-order valence-corrected chi connectivity index (χ2v) is 4.53. The Morgan fingerprint density at radius 3 is 2.67 bits per heavy atom. The maximum absolute atomic E-state index is 8.75. The first-order chi connectivity index (χ1) is 5.55. The predicted octanol–water partition coefficient (Wildman–Crippen LogP) is 3.43. The molecule has 1 aliphatic carbocycles. The van der Waals surface area contributed by atoms with Crippen molar-refractivity contribution in [3.8, 4) is 6.07 Å². The highest BCUT2D eigenvalue weighted by molar-refractivity contribution is 5.27. The van der Waals surface area contributed by atoms with E-state index in [9.17, 15) is 0 Å². The normalized spacial score (nSPS) is 26.2. The van der Waals surface area contributed by atoms with Gasteiger partial charge in [0.05, 0.1) is 6.07 Å². The molecule has 0 aromatic carbocycles. The van der Waals surface area contributed by atoms with Crippen molar-refractivity contribution in [1.82, 2.24) is 0 Å². The minimum absolute atomic E-state index is 0.422. The summed E-state index contributed by atoms with van der Waals surface area (Å²) in [5.74, 6) is 0. The van der Waals surface area contributed by atoms with Gasteiger partial charge >= 0.3 is 0 Å². The highest BCUT2D eigenvalue weighted by Crippen LogP contribution is 2.39. The average molecular weight is 163 g/mol. The van der Waals surface area contributed by atoms with Crippen molar-refractivity contribution >= 4 is 0 Å². The van der Waals surface area contributed by atoms with Crippen LogP contribution in [0.2, 0.25) is 0 Å². The zero-order valence-electron chi connectivity index (χ0n) is 8.28. The first-order valence-corrected chi connectivity index (χ1v) is 4.64. The first-order valence-electron chi connectivity index (χ1n) is 4.64. The van der Waals surface area contributed by atoms with E-state index in [2.05, 4.69) is 19.9 Å². The summed E-state index contributed by atoms with van der Waals surface area (Å²) in [5.41, 5.74) is 2.75. The smallest absolute Gasteiger partial charge is 0.0943 e. The summed E-state index contributed by atoms with van der Waals surface area (Å²) in [4.78, 5) is 0. The molecular formula is C11H17N. The van der Waals surface area contributed by atoms with Gasteiger partial charge in [-0.25, -0.2) is 0 Å². The summed E-state index contributed by atoms with van der Waals surface area (Å²) in [6, 6.07) is 2.25. The van der Waals surface area contributed by atoms with E-state index in [0.717, 1.165) is 18.4 Å². The molecule has 0 N–H and O–H groups in total. The SMILES string of the molecule is CC(C#N)=C1CCCC(C)(C)C1. The lowest BCUT2D eigenvalue weighted by molar-refractivity contribution is 0.288. The third kappa shape index (κ3) is 2.11. The first kappa shape index (κ1) is 9.32. The quantitative estimate of drug-likeness (QED) is 0.502. The number of allylic oxidation sites excluding steroid dienone is 2. The van der Waals surface area contributed by atoms with Crippen molar-refractivity contribution in [1.29, 1.82) is 5.26 Å². The lowest BCUT2D eigenvalue weighted by Gasteiger charge is -2.31. The van der Waals surface area contributed by atoms with Crippen molar-refractivity contribution in [2.24, 2.45) is 5.41 Å². The largest absolute Gasteiger partial charge is 0.193 e. The van der Waals surface area contributed by atoms with Gasteiger partial charge in [0.25, 0.3) is 0 Å². The molecule has 12 heavy (non-hydrogen) atoms. The van der Waals surface area contributed by atoms with Crippen LogP contribution in [0.4, 0.5) is 0 Å². The topological polar surface area (TPSA) is 23.8 Å². The molecule has 0 spiro atoms. The van der Waals surface area contributed by atoms with Crippen LogP contribution in [0.1, 0.15) is 46.5 Å². The molecule has 1 saturated carbocycles. The van der Waals surface area contributed by atoms with E-state index in [1.165, 1.54) is 18.4 Å². The summed E-state index contributed by atoms with van der Waals surface area (Å²) in [7, 11) is 0. The zero-order chi connectivity index (χ0) is 9.19. The fourth-order valence-electron chi connectivity index (χ4n) is 1.93. The maximum atomic E-state index is 8.75.